The number of hydrogen-bond donors (Lipinski definition) is 3. The predicted molar refractivity (Wildman–Crippen MR) is 96.1 cm³/mol. The summed E-state index contributed by atoms with van der Waals surface area (Å²) in [5, 5.41) is 17.6. The number of carbonyl (C=O) groups is 1. The number of H-pyrrole nitrogens is 1. The first kappa shape index (κ1) is 15.8. The molecule has 2 aromatic carbocycles. The summed E-state index contributed by atoms with van der Waals surface area (Å²) in [4.78, 5) is 19.4. The molecule has 9 nitrogen and oxygen atoms in total. The molecule has 9 heteroatoms. The van der Waals surface area contributed by atoms with Gasteiger partial charge in [0.25, 0.3) is 5.91 Å². The lowest BCUT2D eigenvalue weighted by Crippen LogP contribution is -2.29. The molecule has 4 aromatic rings. The number of nitrogens with zero attached hydrogens (tertiary/aromatic N) is 5. The highest BCUT2D eigenvalue weighted by Gasteiger charge is 2.09. The molecule has 0 aliphatic rings. The van der Waals surface area contributed by atoms with Crippen molar-refractivity contribution in [1.82, 2.24) is 35.5 Å². The zero-order valence-electron chi connectivity index (χ0n) is 13.8. The van der Waals surface area contributed by atoms with E-state index in [9.17, 15) is 4.79 Å². The van der Waals surface area contributed by atoms with Gasteiger partial charge in [0.2, 0.25) is 5.95 Å². The Hall–Kier alpha value is -3.75. The maximum Gasteiger partial charge on any atom is 0.251 e. The van der Waals surface area contributed by atoms with Gasteiger partial charge in [-0.1, -0.05) is 23.3 Å². The van der Waals surface area contributed by atoms with Gasteiger partial charge in [-0.2, -0.15) is 4.68 Å². The highest BCUT2D eigenvalue weighted by Crippen LogP contribution is 2.12. The maximum atomic E-state index is 12.2. The molecule has 0 fully saturated rings. The van der Waals surface area contributed by atoms with Gasteiger partial charge in [-0.3, -0.25) is 4.79 Å². The van der Waals surface area contributed by atoms with E-state index in [1.807, 2.05) is 36.4 Å². The van der Waals surface area contributed by atoms with Gasteiger partial charge in [0.15, 0.2) is 0 Å². The minimum atomic E-state index is -0.147. The molecule has 26 heavy (non-hydrogen) atoms. The van der Waals surface area contributed by atoms with Crippen LogP contribution in [-0.2, 0) is 0 Å². The number of hydrogen-bond acceptors (Lipinski definition) is 6. The molecule has 0 saturated carbocycles. The number of anilines is 1. The second-order valence-corrected chi connectivity index (χ2v) is 5.57. The molecule has 3 N–H and O–H groups in total. The van der Waals surface area contributed by atoms with Gasteiger partial charge in [0, 0.05) is 18.7 Å². The normalized spacial score (nSPS) is 10.8. The van der Waals surface area contributed by atoms with Crippen LogP contribution in [0.3, 0.4) is 0 Å². The monoisotopic (exact) mass is 348 g/mol. The topological polar surface area (TPSA) is 113 Å². The van der Waals surface area contributed by atoms with Gasteiger partial charge in [-0.15, -0.1) is 0 Å². The third-order valence-electron chi connectivity index (χ3n) is 3.85. The van der Waals surface area contributed by atoms with Crippen LogP contribution in [0.4, 0.5) is 5.95 Å². The zero-order chi connectivity index (χ0) is 17.8. The van der Waals surface area contributed by atoms with Gasteiger partial charge in [0.05, 0.1) is 23.0 Å². The molecule has 0 atom stereocenters. The molecule has 1 amide bonds. The van der Waals surface area contributed by atoms with Crippen molar-refractivity contribution in [3.8, 4) is 5.69 Å². The van der Waals surface area contributed by atoms with E-state index in [4.69, 9.17) is 0 Å². The average Bonchev–Trinajstić information content (AvgIpc) is 3.34. The van der Waals surface area contributed by atoms with Crippen LogP contribution in [0, 0.1) is 0 Å². The highest BCUT2D eigenvalue weighted by atomic mass is 16.1. The van der Waals surface area contributed by atoms with E-state index in [2.05, 4.69) is 36.1 Å². The SMILES string of the molecule is O=C(NCCNc1nnnn1-c1ccccc1)c1ccc2nc[nH]c2c1. The fraction of sp³-hybridized carbons (Fsp3) is 0.118. The number of benzene rings is 2. The molecule has 4 rings (SSSR count). The van der Waals surface area contributed by atoms with Gasteiger partial charge in [-0.25, -0.2) is 4.98 Å². The van der Waals surface area contributed by atoms with E-state index in [1.165, 1.54) is 0 Å². The van der Waals surface area contributed by atoms with Crippen LogP contribution in [0.1, 0.15) is 10.4 Å². The van der Waals surface area contributed by atoms with Gasteiger partial charge in [-0.05, 0) is 40.8 Å². The van der Waals surface area contributed by atoms with Crippen molar-refractivity contribution in [2.45, 2.75) is 0 Å². The lowest BCUT2D eigenvalue weighted by molar-refractivity contribution is 0.0955. The molecule has 0 radical (unpaired) electrons. The van der Waals surface area contributed by atoms with Crippen LogP contribution in [0.25, 0.3) is 16.7 Å². The van der Waals surface area contributed by atoms with Crippen molar-refractivity contribution in [2.24, 2.45) is 0 Å². The Morgan fingerprint density at radius 3 is 2.88 bits per heavy atom. The van der Waals surface area contributed by atoms with Gasteiger partial charge in [0.1, 0.15) is 0 Å². The average molecular weight is 348 g/mol. The molecule has 2 heterocycles. The van der Waals surface area contributed by atoms with Crippen LogP contribution in [-0.4, -0.2) is 49.2 Å². The Morgan fingerprint density at radius 1 is 1.12 bits per heavy atom. The lowest BCUT2D eigenvalue weighted by Gasteiger charge is -2.08. The summed E-state index contributed by atoms with van der Waals surface area (Å²) in [6, 6.07) is 14.9. The van der Waals surface area contributed by atoms with Crippen molar-refractivity contribution in [3.63, 3.8) is 0 Å². The van der Waals surface area contributed by atoms with E-state index in [-0.39, 0.29) is 5.91 Å². The fourth-order valence-corrected chi connectivity index (χ4v) is 2.57. The zero-order valence-corrected chi connectivity index (χ0v) is 13.8. The van der Waals surface area contributed by atoms with Crippen LogP contribution in [0.2, 0.25) is 0 Å². The number of rotatable bonds is 6. The van der Waals surface area contributed by atoms with E-state index < -0.39 is 0 Å². The number of aromatic amines is 1. The fourth-order valence-electron chi connectivity index (χ4n) is 2.57. The summed E-state index contributed by atoms with van der Waals surface area (Å²) in [6.45, 7) is 0.923. The molecule has 0 bridgehead atoms. The summed E-state index contributed by atoms with van der Waals surface area (Å²) in [5.41, 5.74) is 3.10. The third-order valence-corrected chi connectivity index (χ3v) is 3.85. The first-order valence-corrected chi connectivity index (χ1v) is 8.10. The summed E-state index contributed by atoms with van der Waals surface area (Å²) < 4.78 is 1.61. The molecular formula is C17H16N8O. The molecule has 0 unspecified atom stereocenters. The third kappa shape index (κ3) is 3.22. The highest BCUT2D eigenvalue weighted by molar-refractivity contribution is 5.97. The van der Waals surface area contributed by atoms with Crippen molar-refractivity contribution in [1.29, 1.82) is 0 Å². The largest absolute Gasteiger partial charge is 0.351 e. The first-order valence-electron chi connectivity index (χ1n) is 8.10. The minimum Gasteiger partial charge on any atom is -0.351 e. The standard InChI is InChI=1S/C17H16N8O/c26-16(12-6-7-14-15(10-12)21-11-20-14)18-8-9-19-17-22-23-24-25(17)13-4-2-1-3-5-13/h1-7,10-11H,8-9H2,(H,18,26)(H,20,21)(H,19,22,24). The van der Waals surface area contributed by atoms with E-state index in [1.54, 1.807) is 23.1 Å². The Kier molecular flexibility index (Phi) is 4.25. The van der Waals surface area contributed by atoms with Crippen molar-refractivity contribution >= 4 is 22.9 Å². The van der Waals surface area contributed by atoms with E-state index >= 15 is 0 Å². The molecular weight excluding hydrogens is 332 g/mol. The summed E-state index contributed by atoms with van der Waals surface area (Å²) in [6.07, 6.45) is 1.60. The predicted octanol–water partition coefficient (Wildman–Crippen LogP) is 1.38. The summed E-state index contributed by atoms with van der Waals surface area (Å²) in [7, 11) is 0. The van der Waals surface area contributed by atoms with Crippen LogP contribution >= 0.6 is 0 Å². The summed E-state index contributed by atoms with van der Waals surface area (Å²) in [5.74, 6) is 0.371. The smallest absolute Gasteiger partial charge is 0.251 e. The number of tetrazole rings is 1. The quantitative estimate of drug-likeness (QED) is 0.454. The summed E-state index contributed by atoms with van der Waals surface area (Å²) >= 11 is 0. The number of imidazole rings is 1. The second-order valence-electron chi connectivity index (χ2n) is 5.57. The number of para-hydroxylation sites is 1. The molecule has 2 aromatic heterocycles. The molecule has 130 valence electrons. The Balaban J connectivity index is 1.33. The number of amides is 1. The maximum absolute atomic E-state index is 12.2. The van der Waals surface area contributed by atoms with Gasteiger partial charge >= 0.3 is 0 Å². The number of fused-ring (bicyclic) bond motifs is 1. The van der Waals surface area contributed by atoms with E-state index in [0.29, 0.717) is 24.6 Å². The second kappa shape index (κ2) is 7.01. The van der Waals surface area contributed by atoms with Crippen LogP contribution < -0.4 is 10.6 Å². The Labute approximate surface area is 148 Å². The molecule has 0 spiro atoms. The number of nitrogens with one attached hydrogen (secondary N) is 3. The Bertz CT molecular complexity index is 1020. The van der Waals surface area contributed by atoms with Gasteiger partial charge < -0.3 is 15.6 Å². The number of aromatic nitrogens is 6. The lowest BCUT2D eigenvalue weighted by atomic mass is 10.2. The molecule has 0 aliphatic carbocycles. The van der Waals surface area contributed by atoms with Crippen molar-refractivity contribution in [2.75, 3.05) is 18.4 Å². The van der Waals surface area contributed by atoms with Crippen LogP contribution in [0.5, 0.6) is 0 Å². The van der Waals surface area contributed by atoms with E-state index in [0.717, 1.165) is 16.7 Å². The van der Waals surface area contributed by atoms with Crippen molar-refractivity contribution < 1.29 is 4.79 Å². The van der Waals surface area contributed by atoms with Crippen LogP contribution in [0.15, 0.2) is 54.9 Å². The Morgan fingerprint density at radius 2 is 2.00 bits per heavy atom. The number of carbonyl (C=O) groups excluding carboxylic acids is 1. The minimum absolute atomic E-state index is 0.147. The molecule has 0 aliphatic heterocycles. The first-order chi connectivity index (χ1) is 12.8. The molecule has 0 saturated heterocycles. The van der Waals surface area contributed by atoms with Crippen molar-refractivity contribution in [3.05, 3.63) is 60.4 Å².